The number of aliphatic carboxylic acids is 2. The van der Waals surface area contributed by atoms with Crippen molar-refractivity contribution in [1.29, 1.82) is 0 Å². The second kappa shape index (κ2) is 12.7. The van der Waals surface area contributed by atoms with Crippen molar-refractivity contribution >= 4 is 23.7 Å². The highest BCUT2D eigenvalue weighted by Gasteiger charge is 2.42. The Kier molecular flexibility index (Phi) is 10.1. The van der Waals surface area contributed by atoms with Crippen molar-refractivity contribution in [3.05, 3.63) is 42.6 Å². The van der Waals surface area contributed by atoms with Crippen molar-refractivity contribution in [2.45, 2.75) is 18.8 Å². The summed E-state index contributed by atoms with van der Waals surface area (Å²) in [6, 6.07) is 5.98. The first kappa shape index (κ1) is 30.5. The third-order valence-electron chi connectivity index (χ3n) is 5.23. The highest BCUT2D eigenvalue weighted by Crippen LogP contribution is 2.36. The van der Waals surface area contributed by atoms with Crippen LogP contribution in [-0.2, 0) is 14.3 Å². The van der Waals surface area contributed by atoms with Crippen molar-refractivity contribution in [2.75, 3.05) is 49.2 Å². The van der Waals surface area contributed by atoms with Crippen LogP contribution in [0.4, 0.5) is 42.5 Å². The first-order valence-electron chi connectivity index (χ1n) is 10.7. The molecule has 38 heavy (non-hydrogen) atoms. The minimum absolute atomic E-state index is 0.0196. The number of anilines is 2. The molecule has 2 N–H and O–H groups in total. The van der Waals surface area contributed by atoms with E-state index in [1.807, 2.05) is 24.4 Å². The van der Waals surface area contributed by atoms with Crippen LogP contribution in [0, 0.1) is 11.2 Å². The van der Waals surface area contributed by atoms with Gasteiger partial charge in [0.1, 0.15) is 5.82 Å². The van der Waals surface area contributed by atoms with Gasteiger partial charge in [-0.1, -0.05) is 6.07 Å². The molecule has 1 atom stereocenters. The molecular weight excluding hydrogens is 535 g/mol. The van der Waals surface area contributed by atoms with E-state index in [0.717, 1.165) is 38.4 Å². The van der Waals surface area contributed by atoms with Gasteiger partial charge in [-0.2, -0.15) is 26.3 Å². The van der Waals surface area contributed by atoms with Crippen LogP contribution in [0.5, 0.6) is 0 Å². The molecule has 2 aliphatic rings. The molecule has 2 aromatic heterocycles. The predicted molar refractivity (Wildman–Crippen MR) is 116 cm³/mol. The van der Waals surface area contributed by atoms with Crippen molar-refractivity contribution in [1.82, 2.24) is 15.0 Å². The standard InChI is InChI=1S/C17H20FN5O.2C2HF3O2/c18-14-9-20-16(21-10-14)23-7-8-24-13-17(12-23)4-6-22(11-17)15-3-1-2-5-19-15;2*3-2(4,5)1(6)7/h1-3,5,9-10H,4,6-8,11-13H2;2*(H,6,7). The van der Waals surface area contributed by atoms with Crippen molar-refractivity contribution in [3.8, 4) is 0 Å². The van der Waals surface area contributed by atoms with Crippen molar-refractivity contribution < 1.29 is 55.3 Å². The number of pyridine rings is 1. The summed E-state index contributed by atoms with van der Waals surface area (Å²) in [5.74, 6) is -4.36. The van der Waals surface area contributed by atoms with E-state index in [9.17, 15) is 30.7 Å². The molecule has 0 radical (unpaired) electrons. The fourth-order valence-electron chi connectivity index (χ4n) is 3.55. The van der Waals surface area contributed by atoms with E-state index in [0.29, 0.717) is 19.2 Å². The van der Waals surface area contributed by atoms with Gasteiger partial charge in [0.15, 0.2) is 5.82 Å². The molecular formula is C21H22F7N5O5. The second-order valence-corrected chi connectivity index (χ2v) is 8.14. The zero-order valence-corrected chi connectivity index (χ0v) is 19.4. The monoisotopic (exact) mass is 557 g/mol. The maximum Gasteiger partial charge on any atom is 0.490 e. The van der Waals surface area contributed by atoms with E-state index < -0.39 is 30.1 Å². The Morgan fingerprint density at radius 2 is 1.45 bits per heavy atom. The molecule has 4 rings (SSSR count). The fraction of sp³-hybridized carbons (Fsp3) is 0.476. The number of aromatic nitrogens is 3. The number of ether oxygens (including phenoxy) is 1. The maximum atomic E-state index is 13.1. The Hall–Kier alpha value is -3.76. The Morgan fingerprint density at radius 3 is 1.95 bits per heavy atom. The van der Waals surface area contributed by atoms with Gasteiger partial charge in [-0.25, -0.2) is 28.9 Å². The lowest BCUT2D eigenvalue weighted by molar-refractivity contribution is -0.193. The van der Waals surface area contributed by atoms with E-state index in [4.69, 9.17) is 24.5 Å². The summed E-state index contributed by atoms with van der Waals surface area (Å²) in [5.41, 5.74) is 0.0196. The number of halogens is 7. The van der Waals surface area contributed by atoms with Gasteiger partial charge in [-0.3, -0.25) is 0 Å². The van der Waals surface area contributed by atoms with E-state index in [1.54, 1.807) is 0 Å². The average molecular weight is 557 g/mol. The van der Waals surface area contributed by atoms with E-state index >= 15 is 0 Å². The fourth-order valence-corrected chi connectivity index (χ4v) is 3.55. The van der Waals surface area contributed by atoms with E-state index in [1.165, 1.54) is 12.4 Å². The lowest BCUT2D eigenvalue weighted by Crippen LogP contribution is -2.41. The van der Waals surface area contributed by atoms with Gasteiger partial charge in [0.05, 0.1) is 25.6 Å². The maximum absolute atomic E-state index is 13.1. The van der Waals surface area contributed by atoms with Crippen LogP contribution >= 0.6 is 0 Å². The number of hydrogen-bond acceptors (Lipinski definition) is 8. The molecule has 4 heterocycles. The molecule has 1 unspecified atom stereocenters. The Morgan fingerprint density at radius 1 is 0.895 bits per heavy atom. The number of rotatable bonds is 2. The zero-order valence-electron chi connectivity index (χ0n) is 19.4. The molecule has 210 valence electrons. The third kappa shape index (κ3) is 9.28. The Labute approximate surface area is 210 Å². The molecule has 0 saturated carbocycles. The summed E-state index contributed by atoms with van der Waals surface area (Å²) in [7, 11) is 0. The number of carboxylic acid groups (broad SMARTS) is 2. The number of alkyl halides is 6. The first-order chi connectivity index (χ1) is 17.6. The van der Waals surface area contributed by atoms with Crippen LogP contribution in [0.3, 0.4) is 0 Å². The Bertz CT molecular complexity index is 1030. The van der Waals surface area contributed by atoms with Crippen LogP contribution in [0.2, 0.25) is 0 Å². The lowest BCUT2D eigenvalue weighted by atomic mass is 9.87. The molecule has 10 nitrogen and oxygen atoms in total. The van der Waals surface area contributed by atoms with Crippen LogP contribution in [0.15, 0.2) is 36.8 Å². The molecule has 1 spiro atoms. The molecule has 2 fully saturated rings. The van der Waals surface area contributed by atoms with Gasteiger partial charge in [0.25, 0.3) is 0 Å². The highest BCUT2D eigenvalue weighted by atomic mass is 19.4. The predicted octanol–water partition coefficient (Wildman–Crippen LogP) is 3.01. The van der Waals surface area contributed by atoms with Crippen LogP contribution in [0.1, 0.15) is 6.42 Å². The first-order valence-corrected chi connectivity index (χ1v) is 10.7. The smallest absolute Gasteiger partial charge is 0.475 e. The summed E-state index contributed by atoms with van der Waals surface area (Å²) in [4.78, 5) is 34.9. The lowest BCUT2D eigenvalue weighted by Gasteiger charge is -2.31. The molecule has 0 aliphatic carbocycles. The molecule has 0 aromatic carbocycles. The summed E-state index contributed by atoms with van der Waals surface area (Å²) in [6.07, 6.45) is -4.88. The normalized spacial score (nSPS) is 19.6. The second-order valence-electron chi connectivity index (χ2n) is 8.14. The Balaban J connectivity index is 0.000000301. The SMILES string of the molecule is Fc1cnc(N2CCOCC3(CCN(c4ccccn4)C3)C2)nc1.O=C(O)C(F)(F)F.O=C(O)C(F)(F)F. The third-order valence-corrected chi connectivity index (χ3v) is 5.23. The van der Waals surface area contributed by atoms with Crippen molar-refractivity contribution in [2.24, 2.45) is 5.41 Å². The average Bonchev–Trinajstić information content (AvgIpc) is 3.14. The summed E-state index contributed by atoms with van der Waals surface area (Å²) in [6.45, 7) is 4.72. The quantitative estimate of drug-likeness (QED) is 0.532. The minimum Gasteiger partial charge on any atom is -0.475 e. The number of hydrogen-bond donors (Lipinski definition) is 2. The van der Waals surface area contributed by atoms with Gasteiger partial charge < -0.3 is 24.7 Å². The van der Waals surface area contributed by atoms with Gasteiger partial charge in [0.2, 0.25) is 5.95 Å². The number of carbonyl (C=O) groups is 2. The van der Waals surface area contributed by atoms with Gasteiger partial charge in [-0.05, 0) is 18.6 Å². The van der Waals surface area contributed by atoms with Crippen LogP contribution in [0.25, 0.3) is 0 Å². The van der Waals surface area contributed by atoms with Gasteiger partial charge in [0, 0.05) is 37.8 Å². The molecule has 0 amide bonds. The zero-order chi connectivity index (χ0) is 28.6. The molecule has 2 aliphatic heterocycles. The number of carboxylic acids is 2. The van der Waals surface area contributed by atoms with E-state index in [2.05, 4.69) is 24.8 Å². The largest absolute Gasteiger partial charge is 0.490 e. The van der Waals surface area contributed by atoms with Crippen LogP contribution < -0.4 is 9.80 Å². The van der Waals surface area contributed by atoms with Crippen molar-refractivity contribution in [3.63, 3.8) is 0 Å². The highest BCUT2D eigenvalue weighted by molar-refractivity contribution is 5.73. The minimum atomic E-state index is -5.08. The topological polar surface area (TPSA) is 129 Å². The van der Waals surface area contributed by atoms with E-state index in [-0.39, 0.29) is 5.41 Å². The number of nitrogens with zero attached hydrogens (tertiary/aromatic N) is 5. The van der Waals surface area contributed by atoms with Gasteiger partial charge in [-0.15, -0.1) is 0 Å². The van der Waals surface area contributed by atoms with Crippen LogP contribution in [-0.4, -0.2) is 88.8 Å². The molecule has 2 saturated heterocycles. The molecule has 17 heteroatoms. The van der Waals surface area contributed by atoms with Gasteiger partial charge >= 0.3 is 24.3 Å². The molecule has 2 aromatic rings. The summed E-state index contributed by atoms with van der Waals surface area (Å²) >= 11 is 0. The summed E-state index contributed by atoms with van der Waals surface area (Å²) < 4.78 is 82.4. The molecule has 0 bridgehead atoms. The summed E-state index contributed by atoms with van der Waals surface area (Å²) in [5, 5.41) is 14.2.